The summed E-state index contributed by atoms with van der Waals surface area (Å²) in [5, 5.41) is 8.98. The van der Waals surface area contributed by atoms with Crippen LogP contribution >= 0.6 is 0 Å². The van der Waals surface area contributed by atoms with Crippen molar-refractivity contribution in [2.24, 2.45) is 0 Å². The molecule has 6 nitrogen and oxygen atoms in total. The molecule has 0 aliphatic heterocycles. The van der Waals surface area contributed by atoms with E-state index in [9.17, 15) is 8.42 Å². The van der Waals surface area contributed by atoms with Crippen molar-refractivity contribution < 1.29 is 18.3 Å². The molecule has 0 saturated carbocycles. The summed E-state index contributed by atoms with van der Waals surface area (Å²) in [7, 11) is -2.17. The van der Waals surface area contributed by atoms with Crippen molar-refractivity contribution in [1.82, 2.24) is 4.31 Å². The molecule has 0 amide bonds. The van der Waals surface area contributed by atoms with Gasteiger partial charge < -0.3 is 15.6 Å². The van der Waals surface area contributed by atoms with Crippen molar-refractivity contribution in [2.45, 2.75) is 11.8 Å². The van der Waals surface area contributed by atoms with E-state index in [1.54, 1.807) is 19.1 Å². The molecule has 1 aromatic rings. The summed E-state index contributed by atoms with van der Waals surface area (Å²) < 4.78 is 30.9. The Morgan fingerprint density at radius 1 is 1.32 bits per heavy atom. The summed E-state index contributed by atoms with van der Waals surface area (Å²) in [6, 6.07) is 4.67. The lowest BCUT2D eigenvalue weighted by Gasteiger charge is -2.21. The summed E-state index contributed by atoms with van der Waals surface area (Å²) >= 11 is 0. The van der Waals surface area contributed by atoms with Crippen LogP contribution in [0.1, 0.15) is 5.56 Å². The van der Waals surface area contributed by atoms with E-state index < -0.39 is 10.0 Å². The zero-order chi connectivity index (χ0) is 14.5. The van der Waals surface area contributed by atoms with E-state index in [1.807, 2.05) is 0 Å². The van der Waals surface area contributed by atoms with Gasteiger partial charge in [-0.3, -0.25) is 0 Å². The molecule has 0 saturated heterocycles. The highest BCUT2D eigenvalue weighted by Crippen LogP contribution is 2.20. The van der Waals surface area contributed by atoms with Crippen molar-refractivity contribution in [3.05, 3.63) is 23.8 Å². The van der Waals surface area contributed by atoms with Crippen molar-refractivity contribution >= 4 is 15.7 Å². The smallest absolute Gasteiger partial charge is 0.243 e. The average molecular weight is 288 g/mol. The van der Waals surface area contributed by atoms with Crippen LogP contribution in [0.5, 0.6) is 0 Å². The van der Waals surface area contributed by atoms with Gasteiger partial charge in [0.05, 0.1) is 18.1 Å². The first-order chi connectivity index (χ1) is 8.91. The third-order valence-corrected chi connectivity index (χ3v) is 4.48. The van der Waals surface area contributed by atoms with Crippen molar-refractivity contribution in [3.63, 3.8) is 0 Å². The van der Waals surface area contributed by atoms with E-state index >= 15 is 0 Å². The number of anilines is 1. The fourth-order valence-corrected chi connectivity index (χ4v) is 3.29. The summed E-state index contributed by atoms with van der Waals surface area (Å²) in [6.45, 7) is 2.01. The van der Waals surface area contributed by atoms with Crippen LogP contribution in [0, 0.1) is 6.92 Å². The number of nitrogen functional groups attached to an aromatic ring is 1. The summed E-state index contributed by atoms with van der Waals surface area (Å²) in [5.41, 5.74) is 6.84. The summed E-state index contributed by atoms with van der Waals surface area (Å²) in [4.78, 5) is 0.134. The second-order valence-corrected chi connectivity index (χ2v) is 6.14. The maximum atomic E-state index is 12.4. The van der Waals surface area contributed by atoms with Crippen molar-refractivity contribution in [2.75, 3.05) is 39.1 Å². The SMILES string of the molecule is COCCN(CCO)S(=O)(=O)c1cc(C)cc(N)c1. The van der Waals surface area contributed by atoms with Gasteiger partial charge in [0, 0.05) is 25.9 Å². The lowest BCUT2D eigenvalue weighted by molar-refractivity contribution is 0.168. The quantitative estimate of drug-likeness (QED) is 0.700. The first-order valence-corrected chi connectivity index (χ1v) is 7.33. The van der Waals surface area contributed by atoms with Gasteiger partial charge in [0.2, 0.25) is 10.0 Å². The molecule has 0 heterocycles. The van der Waals surface area contributed by atoms with Crippen LogP contribution in [0.2, 0.25) is 0 Å². The highest BCUT2D eigenvalue weighted by atomic mass is 32.2. The first-order valence-electron chi connectivity index (χ1n) is 5.89. The lowest BCUT2D eigenvalue weighted by Crippen LogP contribution is -2.36. The number of benzene rings is 1. The molecule has 19 heavy (non-hydrogen) atoms. The number of aliphatic hydroxyl groups is 1. The maximum Gasteiger partial charge on any atom is 0.243 e. The topological polar surface area (TPSA) is 92.9 Å². The van der Waals surface area contributed by atoms with Gasteiger partial charge in [-0.05, 0) is 30.7 Å². The summed E-state index contributed by atoms with van der Waals surface area (Å²) in [6.07, 6.45) is 0. The molecule has 0 radical (unpaired) electrons. The Morgan fingerprint density at radius 3 is 2.53 bits per heavy atom. The van der Waals surface area contributed by atoms with Crippen LogP contribution in [-0.2, 0) is 14.8 Å². The first kappa shape index (κ1) is 15.9. The number of ether oxygens (including phenoxy) is 1. The van der Waals surface area contributed by atoms with Crippen LogP contribution in [0.4, 0.5) is 5.69 Å². The minimum Gasteiger partial charge on any atom is -0.399 e. The highest BCUT2D eigenvalue weighted by molar-refractivity contribution is 7.89. The number of hydrogen-bond acceptors (Lipinski definition) is 5. The van der Waals surface area contributed by atoms with Crippen LogP contribution in [0.3, 0.4) is 0 Å². The van der Waals surface area contributed by atoms with Gasteiger partial charge in [0.1, 0.15) is 0 Å². The molecule has 7 heteroatoms. The summed E-state index contributed by atoms with van der Waals surface area (Å²) in [5.74, 6) is 0. The molecule has 0 spiro atoms. The zero-order valence-corrected chi connectivity index (χ0v) is 12.0. The number of nitrogens with two attached hydrogens (primary N) is 1. The van der Waals surface area contributed by atoms with E-state index in [1.165, 1.54) is 17.5 Å². The van der Waals surface area contributed by atoms with Gasteiger partial charge in [0.15, 0.2) is 0 Å². The van der Waals surface area contributed by atoms with Gasteiger partial charge >= 0.3 is 0 Å². The molecular weight excluding hydrogens is 268 g/mol. The van der Waals surface area contributed by atoms with E-state index in [0.717, 1.165) is 5.56 Å². The molecule has 108 valence electrons. The third-order valence-electron chi connectivity index (χ3n) is 2.61. The second kappa shape index (κ2) is 6.85. The van der Waals surface area contributed by atoms with Crippen molar-refractivity contribution in [1.29, 1.82) is 0 Å². The maximum absolute atomic E-state index is 12.4. The Labute approximate surface area is 113 Å². The molecule has 0 atom stereocenters. The number of aliphatic hydroxyl groups excluding tert-OH is 1. The number of rotatable bonds is 7. The minimum atomic E-state index is -3.67. The normalized spacial score (nSPS) is 12.0. The Balaban J connectivity index is 3.10. The molecule has 0 aliphatic rings. The molecule has 1 aromatic carbocycles. The van der Waals surface area contributed by atoms with Crippen LogP contribution < -0.4 is 5.73 Å². The monoisotopic (exact) mass is 288 g/mol. The van der Waals surface area contributed by atoms with E-state index in [0.29, 0.717) is 5.69 Å². The molecule has 3 N–H and O–H groups in total. The number of hydrogen-bond donors (Lipinski definition) is 2. The molecule has 0 aromatic heterocycles. The fraction of sp³-hybridized carbons (Fsp3) is 0.500. The van der Waals surface area contributed by atoms with Crippen molar-refractivity contribution in [3.8, 4) is 0 Å². The largest absolute Gasteiger partial charge is 0.399 e. The predicted octanol–water partition coefficient (Wildman–Crippen LogP) is 0.207. The zero-order valence-electron chi connectivity index (χ0n) is 11.2. The predicted molar refractivity (Wildman–Crippen MR) is 73.3 cm³/mol. The Hall–Kier alpha value is -1.15. The Bertz CT molecular complexity index is 496. The van der Waals surface area contributed by atoms with Gasteiger partial charge in [-0.2, -0.15) is 4.31 Å². The second-order valence-electron chi connectivity index (χ2n) is 4.20. The standard InChI is InChI=1S/C12H20N2O4S/c1-10-7-11(13)9-12(8-10)19(16,17)14(3-5-15)4-6-18-2/h7-9,15H,3-6,13H2,1-2H3. The van der Waals surface area contributed by atoms with Gasteiger partial charge in [-0.25, -0.2) is 8.42 Å². The van der Waals surface area contributed by atoms with E-state index in [2.05, 4.69) is 0 Å². The molecule has 0 aliphatic carbocycles. The van der Waals surface area contributed by atoms with Gasteiger partial charge in [-0.1, -0.05) is 0 Å². The van der Waals surface area contributed by atoms with Crippen LogP contribution in [0.25, 0.3) is 0 Å². The van der Waals surface area contributed by atoms with Gasteiger partial charge in [0.25, 0.3) is 0 Å². The molecule has 0 bridgehead atoms. The number of methoxy groups -OCH3 is 1. The third kappa shape index (κ3) is 4.17. The van der Waals surface area contributed by atoms with Gasteiger partial charge in [-0.15, -0.1) is 0 Å². The Morgan fingerprint density at radius 2 is 2.00 bits per heavy atom. The molecular formula is C12H20N2O4S. The number of aryl methyl sites for hydroxylation is 1. The average Bonchev–Trinajstić information content (AvgIpc) is 2.33. The molecule has 0 unspecified atom stereocenters. The number of sulfonamides is 1. The molecule has 1 rings (SSSR count). The van der Waals surface area contributed by atoms with Crippen LogP contribution in [0.15, 0.2) is 23.1 Å². The van der Waals surface area contributed by atoms with E-state index in [4.69, 9.17) is 15.6 Å². The highest BCUT2D eigenvalue weighted by Gasteiger charge is 2.24. The minimum absolute atomic E-state index is 0.0273. The van der Waals surface area contributed by atoms with Crippen LogP contribution in [-0.4, -0.2) is 51.2 Å². The van der Waals surface area contributed by atoms with E-state index in [-0.39, 0.29) is 31.2 Å². The number of nitrogens with zero attached hydrogens (tertiary/aromatic N) is 1. The lowest BCUT2D eigenvalue weighted by atomic mass is 10.2. The molecule has 0 fully saturated rings. The Kier molecular flexibility index (Phi) is 5.74. The fourth-order valence-electron chi connectivity index (χ4n) is 1.73.